The van der Waals surface area contributed by atoms with Gasteiger partial charge in [0.05, 0.1) is 12.2 Å². The summed E-state index contributed by atoms with van der Waals surface area (Å²) in [4.78, 5) is 0. The van der Waals surface area contributed by atoms with E-state index in [0.717, 1.165) is 0 Å². The van der Waals surface area contributed by atoms with Crippen molar-refractivity contribution in [2.45, 2.75) is 80.2 Å². The Kier molecular flexibility index (Phi) is 8.67. The van der Waals surface area contributed by atoms with Crippen LogP contribution >= 0.6 is 0 Å². The standard InChI is InChI=1S/2C10H20O2/c2*1-6-7(2)9(4)12-10(11-5)8(6)3/h2*6-10H,1-5H3/t2*6-,7-,8?,9?,10-/m11/s1. The van der Waals surface area contributed by atoms with Gasteiger partial charge in [0, 0.05) is 26.1 Å². The van der Waals surface area contributed by atoms with Gasteiger partial charge in [-0.1, -0.05) is 41.5 Å². The van der Waals surface area contributed by atoms with Gasteiger partial charge < -0.3 is 18.9 Å². The molecule has 0 N–H and O–H groups in total. The van der Waals surface area contributed by atoms with Gasteiger partial charge in [0.15, 0.2) is 12.6 Å². The fourth-order valence-corrected chi connectivity index (χ4v) is 3.77. The molecule has 0 bridgehead atoms. The van der Waals surface area contributed by atoms with Crippen LogP contribution in [0.3, 0.4) is 0 Å². The molecule has 4 nitrogen and oxygen atoms in total. The summed E-state index contributed by atoms with van der Waals surface area (Å²) in [7, 11) is 3.44. The third-order valence-electron chi connectivity index (χ3n) is 6.82. The molecular formula is C20H40O4. The normalized spacial score (nSPS) is 49.2. The van der Waals surface area contributed by atoms with E-state index in [1.165, 1.54) is 0 Å². The van der Waals surface area contributed by atoms with E-state index in [9.17, 15) is 0 Å². The minimum atomic E-state index is -0.00815. The molecule has 2 fully saturated rings. The minimum absolute atomic E-state index is 0.00815. The largest absolute Gasteiger partial charge is 0.356 e. The van der Waals surface area contributed by atoms with Gasteiger partial charge in [-0.15, -0.1) is 0 Å². The average molecular weight is 345 g/mol. The predicted octanol–water partition coefficient (Wildman–Crippen LogP) is 4.57. The van der Waals surface area contributed by atoms with Crippen LogP contribution in [0.1, 0.15) is 55.4 Å². The van der Waals surface area contributed by atoms with E-state index in [0.29, 0.717) is 47.7 Å². The molecule has 0 radical (unpaired) electrons. The third kappa shape index (κ3) is 4.94. The van der Waals surface area contributed by atoms with E-state index in [-0.39, 0.29) is 12.6 Å². The van der Waals surface area contributed by atoms with Crippen LogP contribution in [0.25, 0.3) is 0 Å². The van der Waals surface area contributed by atoms with Crippen LogP contribution in [-0.2, 0) is 18.9 Å². The molecule has 2 saturated heterocycles. The first-order chi connectivity index (χ1) is 11.1. The molecule has 2 rings (SSSR count). The monoisotopic (exact) mass is 344 g/mol. The molecule has 10 atom stereocenters. The Balaban J connectivity index is 0.000000240. The Morgan fingerprint density at radius 2 is 0.750 bits per heavy atom. The number of hydrogen-bond acceptors (Lipinski definition) is 4. The lowest BCUT2D eigenvalue weighted by atomic mass is 9.79. The molecule has 0 aromatic carbocycles. The molecule has 0 saturated carbocycles. The van der Waals surface area contributed by atoms with Crippen molar-refractivity contribution in [3.8, 4) is 0 Å². The highest BCUT2D eigenvalue weighted by atomic mass is 16.7. The molecule has 24 heavy (non-hydrogen) atoms. The molecule has 0 aromatic heterocycles. The smallest absolute Gasteiger partial charge is 0.160 e. The topological polar surface area (TPSA) is 36.9 Å². The summed E-state index contributed by atoms with van der Waals surface area (Å²) in [6, 6.07) is 0. The van der Waals surface area contributed by atoms with Crippen LogP contribution in [0.4, 0.5) is 0 Å². The molecule has 4 unspecified atom stereocenters. The first-order valence-corrected chi connectivity index (χ1v) is 9.52. The lowest BCUT2D eigenvalue weighted by molar-refractivity contribution is -0.232. The zero-order valence-corrected chi connectivity index (χ0v) is 17.4. The Morgan fingerprint density at radius 3 is 1.00 bits per heavy atom. The van der Waals surface area contributed by atoms with Crippen molar-refractivity contribution in [2.75, 3.05) is 14.2 Å². The van der Waals surface area contributed by atoms with Gasteiger partial charge in [0.25, 0.3) is 0 Å². The van der Waals surface area contributed by atoms with Crippen molar-refractivity contribution in [3.63, 3.8) is 0 Å². The van der Waals surface area contributed by atoms with Crippen molar-refractivity contribution >= 4 is 0 Å². The van der Waals surface area contributed by atoms with Crippen LogP contribution in [0, 0.1) is 35.5 Å². The van der Waals surface area contributed by atoms with Crippen molar-refractivity contribution in [1.29, 1.82) is 0 Å². The second-order valence-electron chi connectivity index (χ2n) is 8.05. The number of methoxy groups -OCH3 is 2. The van der Waals surface area contributed by atoms with Crippen LogP contribution in [0.5, 0.6) is 0 Å². The number of hydrogen-bond donors (Lipinski definition) is 0. The fraction of sp³-hybridized carbons (Fsp3) is 1.00. The molecule has 2 aliphatic rings. The molecule has 0 amide bonds. The van der Waals surface area contributed by atoms with Crippen LogP contribution in [-0.4, -0.2) is 39.0 Å². The Bertz CT molecular complexity index is 318. The van der Waals surface area contributed by atoms with E-state index in [1.54, 1.807) is 14.2 Å². The molecule has 144 valence electrons. The van der Waals surface area contributed by atoms with E-state index >= 15 is 0 Å². The van der Waals surface area contributed by atoms with Crippen molar-refractivity contribution in [3.05, 3.63) is 0 Å². The summed E-state index contributed by atoms with van der Waals surface area (Å²) in [5, 5.41) is 0. The van der Waals surface area contributed by atoms with Crippen molar-refractivity contribution < 1.29 is 18.9 Å². The van der Waals surface area contributed by atoms with E-state index < -0.39 is 0 Å². The summed E-state index contributed by atoms with van der Waals surface area (Å²) < 4.78 is 22.0. The maximum atomic E-state index is 5.71. The summed E-state index contributed by atoms with van der Waals surface area (Å²) >= 11 is 0. The molecule has 0 aromatic rings. The highest BCUT2D eigenvalue weighted by Crippen LogP contribution is 2.35. The molecule has 0 spiro atoms. The van der Waals surface area contributed by atoms with Gasteiger partial charge >= 0.3 is 0 Å². The minimum Gasteiger partial charge on any atom is -0.356 e. The van der Waals surface area contributed by atoms with Crippen LogP contribution in [0.15, 0.2) is 0 Å². The van der Waals surface area contributed by atoms with Gasteiger partial charge in [-0.05, 0) is 37.5 Å². The van der Waals surface area contributed by atoms with Crippen molar-refractivity contribution in [1.82, 2.24) is 0 Å². The lowest BCUT2D eigenvalue weighted by Crippen LogP contribution is -2.44. The quantitative estimate of drug-likeness (QED) is 0.735. The molecule has 2 aliphatic heterocycles. The SMILES string of the molecule is CO[C@@H]1OC(C)[C@H](C)[C@@H](C)C1C.CO[C@@H]1OC(C)[C@H](C)[C@@H](C)C1C. The summed E-state index contributed by atoms with van der Waals surface area (Å²) in [5.41, 5.74) is 0. The highest BCUT2D eigenvalue weighted by molar-refractivity contribution is 4.81. The first-order valence-electron chi connectivity index (χ1n) is 9.52. The van der Waals surface area contributed by atoms with E-state index in [2.05, 4.69) is 55.4 Å². The molecule has 0 aliphatic carbocycles. The highest BCUT2D eigenvalue weighted by Gasteiger charge is 2.37. The van der Waals surface area contributed by atoms with Gasteiger partial charge in [-0.2, -0.15) is 0 Å². The second-order valence-corrected chi connectivity index (χ2v) is 8.05. The third-order valence-corrected chi connectivity index (χ3v) is 6.82. The predicted molar refractivity (Wildman–Crippen MR) is 97.7 cm³/mol. The second kappa shape index (κ2) is 9.51. The summed E-state index contributed by atoms with van der Waals surface area (Å²) in [6.07, 6.45) is 0.625. The van der Waals surface area contributed by atoms with Crippen LogP contribution < -0.4 is 0 Å². The van der Waals surface area contributed by atoms with Crippen molar-refractivity contribution in [2.24, 2.45) is 35.5 Å². The maximum Gasteiger partial charge on any atom is 0.160 e. The van der Waals surface area contributed by atoms with Gasteiger partial charge in [0.2, 0.25) is 0 Å². The first kappa shape index (κ1) is 21.9. The Hall–Kier alpha value is -0.160. The lowest BCUT2D eigenvalue weighted by Gasteiger charge is -2.41. The molecular weight excluding hydrogens is 304 g/mol. The Labute approximate surface area is 149 Å². The Morgan fingerprint density at radius 1 is 0.458 bits per heavy atom. The van der Waals surface area contributed by atoms with Crippen LogP contribution in [0.2, 0.25) is 0 Å². The number of rotatable bonds is 2. The summed E-state index contributed by atoms with van der Waals surface area (Å²) in [5.74, 6) is 3.62. The van der Waals surface area contributed by atoms with E-state index in [1.807, 2.05) is 0 Å². The number of ether oxygens (including phenoxy) is 4. The zero-order valence-electron chi connectivity index (χ0n) is 17.4. The van der Waals surface area contributed by atoms with Gasteiger partial charge in [-0.3, -0.25) is 0 Å². The summed E-state index contributed by atoms with van der Waals surface area (Å²) in [6.45, 7) is 17.7. The average Bonchev–Trinajstić information content (AvgIpc) is 2.58. The molecule has 2 heterocycles. The van der Waals surface area contributed by atoms with E-state index in [4.69, 9.17) is 18.9 Å². The maximum absolute atomic E-state index is 5.71. The zero-order chi connectivity index (χ0) is 18.6. The fourth-order valence-electron chi connectivity index (χ4n) is 3.77. The van der Waals surface area contributed by atoms with Gasteiger partial charge in [-0.25, -0.2) is 0 Å². The molecule has 4 heteroatoms. The van der Waals surface area contributed by atoms with Gasteiger partial charge in [0.1, 0.15) is 0 Å².